The Hall–Kier alpha value is -1.58. The molecule has 1 fully saturated rings. The molecule has 0 aromatic rings. The molecule has 0 saturated carbocycles. The van der Waals surface area contributed by atoms with E-state index in [1.807, 2.05) is 4.90 Å². The summed E-state index contributed by atoms with van der Waals surface area (Å²) in [5.74, 6) is 0. The number of nitrogens with zero attached hydrogens (tertiary/aromatic N) is 3. The van der Waals surface area contributed by atoms with E-state index in [0.29, 0.717) is 32.7 Å². The molecule has 2 amide bonds. The van der Waals surface area contributed by atoms with Crippen molar-refractivity contribution in [1.82, 2.24) is 14.9 Å². The highest BCUT2D eigenvalue weighted by Crippen LogP contribution is 2.02. The van der Waals surface area contributed by atoms with Gasteiger partial charge in [0.25, 0.3) is 0 Å². The molecule has 1 heterocycles. The summed E-state index contributed by atoms with van der Waals surface area (Å²) in [5, 5.41) is 27.0. The summed E-state index contributed by atoms with van der Waals surface area (Å²) in [6.45, 7) is 2.27. The van der Waals surface area contributed by atoms with Crippen molar-refractivity contribution < 1.29 is 29.7 Å². The van der Waals surface area contributed by atoms with Gasteiger partial charge >= 0.3 is 12.2 Å². The van der Waals surface area contributed by atoms with Gasteiger partial charge in [0.2, 0.25) is 0 Å². The first kappa shape index (κ1) is 15.5. The zero-order valence-electron chi connectivity index (χ0n) is 10.6. The summed E-state index contributed by atoms with van der Waals surface area (Å²) in [4.78, 5) is 29.7. The molecule has 0 atom stereocenters. The lowest BCUT2D eigenvalue weighted by molar-refractivity contribution is -0.140. The van der Waals surface area contributed by atoms with Crippen LogP contribution >= 0.6 is 0 Å². The van der Waals surface area contributed by atoms with E-state index in [-0.39, 0.29) is 19.8 Å². The maximum atomic E-state index is 10.8. The highest BCUT2D eigenvalue weighted by Gasteiger charge is 2.21. The first-order valence-corrected chi connectivity index (χ1v) is 5.99. The van der Waals surface area contributed by atoms with Crippen LogP contribution in [0.25, 0.3) is 0 Å². The van der Waals surface area contributed by atoms with Crippen LogP contribution in [0.3, 0.4) is 0 Å². The SMILES string of the molecule is O=C(O)N1CCN(CCN(OCCO)C(=O)O)CC1. The quantitative estimate of drug-likeness (QED) is 0.544. The van der Waals surface area contributed by atoms with Gasteiger partial charge in [-0.1, -0.05) is 0 Å². The molecule has 0 radical (unpaired) electrons. The molecule has 1 aliphatic heterocycles. The molecule has 0 bridgehead atoms. The van der Waals surface area contributed by atoms with Gasteiger partial charge in [-0.3, -0.25) is 9.74 Å². The lowest BCUT2D eigenvalue weighted by atomic mass is 10.3. The zero-order chi connectivity index (χ0) is 14.3. The van der Waals surface area contributed by atoms with Gasteiger partial charge in [-0.25, -0.2) is 9.59 Å². The maximum absolute atomic E-state index is 10.8. The molecule has 0 spiro atoms. The second kappa shape index (κ2) is 7.77. The van der Waals surface area contributed by atoms with E-state index in [0.717, 1.165) is 5.06 Å². The molecule has 3 N–H and O–H groups in total. The van der Waals surface area contributed by atoms with Gasteiger partial charge < -0.3 is 20.2 Å². The third kappa shape index (κ3) is 5.28. The fourth-order valence-electron chi connectivity index (χ4n) is 1.76. The second-order valence-corrected chi connectivity index (χ2v) is 4.05. The number of aliphatic hydroxyl groups is 1. The maximum Gasteiger partial charge on any atom is 0.431 e. The van der Waals surface area contributed by atoms with Crippen LogP contribution in [-0.2, 0) is 4.84 Å². The van der Waals surface area contributed by atoms with Gasteiger partial charge in [-0.2, -0.15) is 5.06 Å². The van der Waals surface area contributed by atoms with Gasteiger partial charge in [-0.05, 0) is 0 Å². The van der Waals surface area contributed by atoms with E-state index < -0.39 is 12.2 Å². The van der Waals surface area contributed by atoms with Gasteiger partial charge in [0, 0.05) is 32.7 Å². The van der Waals surface area contributed by atoms with Crippen molar-refractivity contribution >= 4 is 12.2 Å². The smallest absolute Gasteiger partial charge is 0.431 e. The first-order chi connectivity index (χ1) is 9.04. The number of hydroxylamine groups is 2. The molecule has 110 valence electrons. The number of piperazine rings is 1. The van der Waals surface area contributed by atoms with Gasteiger partial charge in [0.05, 0.1) is 19.8 Å². The second-order valence-electron chi connectivity index (χ2n) is 4.05. The fraction of sp³-hybridized carbons (Fsp3) is 0.800. The Morgan fingerprint density at radius 1 is 1.16 bits per heavy atom. The third-order valence-electron chi connectivity index (χ3n) is 2.81. The number of carbonyl (C=O) groups is 2. The van der Waals surface area contributed by atoms with E-state index in [2.05, 4.69) is 0 Å². The highest BCUT2D eigenvalue weighted by molar-refractivity contribution is 5.65. The Balaban J connectivity index is 2.28. The van der Waals surface area contributed by atoms with Gasteiger partial charge in [0.1, 0.15) is 0 Å². The molecule has 1 saturated heterocycles. The molecular formula is C10H19N3O6. The van der Waals surface area contributed by atoms with Crippen molar-refractivity contribution in [1.29, 1.82) is 0 Å². The van der Waals surface area contributed by atoms with Crippen molar-refractivity contribution in [3.8, 4) is 0 Å². The van der Waals surface area contributed by atoms with Crippen LogP contribution in [0.1, 0.15) is 0 Å². The zero-order valence-corrected chi connectivity index (χ0v) is 10.6. The number of carboxylic acid groups (broad SMARTS) is 2. The predicted molar refractivity (Wildman–Crippen MR) is 63.8 cm³/mol. The lowest BCUT2D eigenvalue weighted by Crippen LogP contribution is -2.50. The van der Waals surface area contributed by atoms with Gasteiger partial charge in [0.15, 0.2) is 0 Å². The van der Waals surface area contributed by atoms with Crippen molar-refractivity contribution in [3.63, 3.8) is 0 Å². The lowest BCUT2D eigenvalue weighted by Gasteiger charge is -2.33. The van der Waals surface area contributed by atoms with Crippen LogP contribution in [-0.4, -0.2) is 94.9 Å². The number of rotatable bonds is 6. The van der Waals surface area contributed by atoms with Crippen LogP contribution in [0.4, 0.5) is 9.59 Å². The third-order valence-corrected chi connectivity index (χ3v) is 2.81. The Morgan fingerprint density at radius 2 is 1.79 bits per heavy atom. The van der Waals surface area contributed by atoms with Crippen LogP contribution in [0.2, 0.25) is 0 Å². The topological polar surface area (TPSA) is 114 Å². The molecule has 9 heteroatoms. The number of hydrogen-bond donors (Lipinski definition) is 3. The molecule has 0 unspecified atom stereocenters. The summed E-state index contributed by atoms with van der Waals surface area (Å²) >= 11 is 0. The van der Waals surface area contributed by atoms with Crippen molar-refractivity contribution in [2.24, 2.45) is 0 Å². The molecule has 9 nitrogen and oxygen atoms in total. The van der Waals surface area contributed by atoms with E-state index >= 15 is 0 Å². The van der Waals surface area contributed by atoms with E-state index in [1.165, 1.54) is 4.90 Å². The molecule has 1 rings (SSSR count). The molecule has 19 heavy (non-hydrogen) atoms. The molecule has 0 aromatic carbocycles. The average Bonchev–Trinajstić information content (AvgIpc) is 2.39. The predicted octanol–water partition coefficient (Wildman–Crippen LogP) is -0.814. The van der Waals surface area contributed by atoms with Crippen molar-refractivity contribution in [2.75, 3.05) is 52.5 Å². The summed E-state index contributed by atoms with van der Waals surface area (Å²) < 4.78 is 0. The van der Waals surface area contributed by atoms with E-state index in [4.69, 9.17) is 20.2 Å². The Kier molecular flexibility index (Phi) is 6.33. The minimum atomic E-state index is -1.21. The van der Waals surface area contributed by atoms with E-state index in [9.17, 15) is 9.59 Å². The van der Waals surface area contributed by atoms with Crippen molar-refractivity contribution in [3.05, 3.63) is 0 Å². The summed E-state index contributed by atoms with van der Waals surface area (Å²) in [6, 6.07) is 0. The first-order valence-electron chi connectivity index (χ1n) is 5.99. The minimum Gasteiger partial charge on any atom is -0.465 e. The highest BCUT2D eigenvalue weighted by atomic mass is 16.7. The summed E-state index contributed by atoms with van der Waals surface area (Å²) in [6.07, 6.45) is -2.14. The summed E-state index contributed by atoms with van der Waals surface area (Å²) in [7, 11) is 0. The van der Waals surface area contributed by atoms with Crippen LogP contribution in [0.15, 0.2) is 0 Å². The van der Waals surface area contributed by atoms with Crippen LogP contribution in [0, 0.1) is 0 Å². The van der Waals surface area contributed by atoms with Gasteiger partial charge in [-0.15, -0.1) is 0 Å². The van der Waals surface area contributed by atoms with E-state index in [1.54, 1.807) is 0 Å². The monoisotopic (exact) mass is 277 g/mol. The molecule has 0 aliphatic carbocycles. The average molecular weight is 277 g/mol. The number of hydrogen-bond acceptors (Lipinski definition) is 5. The largest absolute Gasteiger partial charge is 0.465 e. The van der Waals surface area contributed by atoms with Crippen molar-refractivity contribution in [2.45, 2.75) is 0 Å². The summed E-state index contributed by atoms with van der Waals surface area (Å²) in [5.41, 5.74) is 0. The molecule has 0 aromatic heterocycles. The van der Waals surface area contributed by atoms with Crippen LogP contribution < -0.4 is 0 Å². The van der Waals surface area contributed by atoms with Crippen LogP contribution in [0.5, 0.6) is 0 Å². The Morgan fingerprint density at radius 3 is 2.26 bits per heavy atom. The standard InChI is InChI=1S/C10H19N3O6/c14-7-8-19-13(10(17)18)6-3-11-1-4-12(5-2-11)9(15)16/h14H,1-8H2,(H,15,16)(H,17,18). The molecule has 1 aliphatic rings. The normalized spacial score (nSPS) is 16.4. The number of amides is 2. The number of aliphatic hydroxyl groups excluding tert-OH is 1. The Labute approximate surface area is 110 Å². The fourth-order valence-corrected chi connectivity index (χ4v) is 1.76. The Bertz CT molecular complexity index is 306. The molecular weight excluding hydrogens is 258 g/mol. The minimum absolute atomic E-state index is 0.0703.